The van der Waals surface area contributed by atoms with E-state index in [-0.39, 0.29) is 5.91 Å². The van der Waals surface area contributed by atoms with E-state index in [1.54, 1.807) is 0 Å². The third-order valence-corrected chi connectivity index (χ3v) is 5.86. The molecule has 0 saturated carbocycles. The Morgan fingerprint density at radius 3 is 2.92 bits per heavy atom. The molecule has 0 N–H and O–H groups in total. The summed E-state index contributed by atoms with van der Waals surface area (Å²) in [5.41, 5.74) is 2.25. The molecule has 0 aliphatic carbocycles. The molecule has 2 heterocycles. The van der Waals surface area contributed by atoms with Crippen LogP contribution in [0.4, 0.5) is 0 Å². The number of carbonyl (C=O) groups excluding carboxylic acids is 1. The third kappa shape index (κ3) is 4.06. The van der Waals surface area contributed by atoms with E-state index >= 15 is 0 Å². The highest BCUT2D eigenvalue weighted by atomic mass is 32.2. The summed E-state index contributed by atoms with van der Waals surface area (Å²) in [7, 11) is 1.96. The number of nitrogens with zero attached hydrogens (tertiary/aromatic N) is 4. The zero-order chi connectivity index (χ0) is 17.8. The second-order valence-electron chi connectivity index (χ2n) is 6.67. The van der Waals surface area contributed by atoms with Crippen LogP contribution in [0.2, 0.25) is 0 Å². The average molecular weight is 359 g/mol. The number of benzene rings is 1. The topological polar surface area (TPSA) is 51.0 Å². The first-order chi connectivity index (χ1) is 12.1. The highest BCUT2D eigenvalue weighted by molar-refractivity contribution is 7.99. The number of hydrogen-bond acceptors (Lipinski definition) is 4. The number of thioether (sulfide) groups is 1. The van der Waals surface area contributed by atoms with Crippen LogP contribution in [0.3, 0.4) is 0 Å². The van der Waals surface area contributed by atoms with Gasteiger partial charge in [-0.3, -0.25) is 4.79 Å². The van der Waals surface area contributed by atoms with Crippen LogP contribution in [0.15, 0.2) is 29.4 Å². The van der Waals surface area contributed by atoms with Gasteiger partial charge in [-0.15, -0.1) is 10.2 Å². The lowest BCUT2D eigenvalue weighted by Gasteiger charge is -2.35. The number of aromatic nitrogens is 3. The standard InChI is InChI=1S/C19H26N4OS/c1-4-16-10-5-6-11-23(16)17(24)13-25-19-21-20-18(22(19)3)15-9-7-8-14(2)12-15/h7-9,12,16H,4-6,10-11,13H2,1-3H3. The maximum absolute atomic E-state index is 12.6. The molecule has 1 fully saturated rings. The van der Waals surface area contributed by atoms with Crippen LogP contribution in [0.1, 0.15) is 38.2 Å². The molecule has 1 amide bonds. The summed E-state index contributed by atoms with van der Waals surface area (Å²) in [5.74, 6) is 1.48. The fourth-order valence-corrected chi connectivity index (χ4v) is 4.24. The van der Waals surface area contributed by atoms with Gasteiger partial charge in [-0.2, -0.15) is 0 Å². The van der Waals surface area contributed by atoms with Crippen molar-refractivity contribution in [3.63, 3.8) is 0 Å². The highest BCUT2D eigenvalue weighted by Crippen LogP contribution is 2.25. The molecule has 134 valence electrons. The molecule has 1 saturated heterocycles. The molecule has 1 atom stereocenters. The van der Waals surface area contributed by atoms with Crippen molar-refractivity contribution in [1.29, 1.82) is 0 Å². The van der Waals surface area contributed by atoms with Crippen molar-refractivity contribution in [2.75, 3.05) is 12.3 Å². The van der Waals surface area contributed by atoms with Crippen molar-refractivity contribution in [1.82, 2.24) is 19.7 Å². The minimum absolute atomic E-state index is 0.219. The Hall–Kier alpha value is -1.82. The van der Waals surface area contributed by atoms with Crippen LogP contribution in [-0.4, -0.2) is 43.9 Å². The molecule has 25 heavy (non-hydrogen) atoms. The molecule has 0 radical (unpaired) electrons. The van der Waals surface area contributed by atoms with Gasteiger partial charge in [-0.05, 0) is 38.7 Å². The van der Waals surface area contributed by atoms with E-state index < -0.39 is 0 Å². The van der Waals surface area contributed by atoms with Gasteiger partial charge in [0.1, 0.15) is 0 Å². The molecule has 1 unspecified atom stereocenters. The quantitative estimate of drug-likeness (QED) is 0.765. The largest absolute Gasteiger partial charge is 0.339 e. The van der Waals surface area contributed by atoms with Crippen LogP contribution in [0.5, 0.6) is 0 Å². The number of likely N-dealkylation sites (tertiary alicyclic amines) is 1. The van der Waals surface area contributed by atoms with Crippen LogP contribution in [0, 0.1) is 6.92 Å². The predicted molar refractivity (Wildman–Crippen MR) is 102 cm³/mol. The fourth-order valence-electron chi connectivity index (χ4n) is 3.44. The normalized spacial score (nSPS) is 17.7. The Bertz CT molecular complexity index is 743. The lowest BCUT2D eigenvalue weighted by molar-refractivity contribution is -0.132. The van der Waals surface area contributed by atoms with Gasteiger partial charge in [0.05, 0.1) is 5.75 Å². The van der Waals surface area contributed by atoms with Crippen molar-refractivity contribution >= 4 is 17.7 Å². The SMILES string of the molecule is CCC1CCCCN1C(=O)CSc1nnc(-c2cccc(C)c2)n1C. The zero-order valence-electron chi connectivity index (χ0n) is 15.2. The molecule has 1 aromatic carbocycles. The smallest absolute Gasteiger partial charge is 0.233 e. The number of piperidine rings is 1. The summed E-state index contributed by atoms with van der Waals surface area (Å²) < 4.78 is 1.97. The molecule has 1 aliphatic rings. The Kier molecular flexibility index (Phi) is 5.78. The molecule has 2 aromatic rings. The van der Waals surface area contributed by atoms with Gasteiger partial charge < -0.3 is 9.47 Å². The summed E-state index contributed by atoms with van der Waals surface area (Å²) in [6.07, 6.45) is 4.53. The highest BCUT2D eigenvalue weighted by Gasteiger charge is 2.25. The molecular formula is C19H26N4OS. The van der Waals surface area contributed by atoms with Crippen LogP contribution < -0.4 is 0 Å². The van der Waals surface area contributed by atoms with Gasteiger partial charge in [-0.1, -0.05) is 42.4 Å². The summed E-state index contributed by atoms with van der Waals surface area (Å²) in [5, 5.41) is 9.39. The van der Waals surface area contributed by atoms with Gasteiger partial charge in [-0.25, -0.2) is 0 Å². The van der Waals surface area contributed by atoms with E-state index in [0.717, 1.165) is 42.4 Å². The molecule has 0 spiro atoms. The van der Waals surface area contributed by atoms with Crippen molar-refractivity contribution < 1.29 is 4.79 Å². The first kappa shape index (κ1) is 18.0. The van der Waals surface area contributed by atoms with E-state index in [2.05, 4.69) is 41.1 Å². The van der Waals surface area contributed by atoms with Gasteiger partial charge in [0.2, 0.25) is 5.91 Å². The third-order valence-electron chi connectivity index (χ3n) is 4.85. The number of rotatable bonds is 5. The number of carbonyl (C=O) groups is 1. The molecule has 5 nitrogen and oxygen atoms in total. The number of aryl methyl sites for hydroxylation is 1. The Balaban J connectivity index is 1.67. The average Bonchev–Trinajstić information content (AvgIpc) is 3.00. The van der Waals surface area contributed by atoms with Gasteiger partial charge in [0, 0.05) is 25.2 Å². The van der Waals surface area contributed by atoms with Crippen molar-refractivity contribution in [3.05, 3.63) is 29.8 Å². The van der Waals surface area contributed by atoms with Crippen LogP contribution >= 0.6 is 11.8 Å². The summed E-state index contributed by atoms with van der Waals surface area (Å²) in [4.78, 5) is 14.7. The molecule has 0 bridgehead atoms. The second-order valence-corrected chi connectivity index (χ2v) is 7.61. The van der Waals surface area contributed by atoms with E-state index in [0.29, 0.717) is 11.8 Å². The molecule has 1 aliphatic heterocycles. The lowest BCUT2D eigenvalue weighted by Crippen LogP contribution is -2.44. The van der Waals surface area contributed by atoms with Gasteiger partial charge in [0.15, 0.2) is 11.0 Å². The second kappa shape index (κ2) is 8.04. The summed E-state index contributed by atoms with van der Waals surface area (Å²) in [6.45, 7) is 5.13. The van der Waals surface area contributed by atoms with Crippen LogP contribution in [0.25, 0.3) is 11.4 Å². The Labute approximate surface area is 153 Å². The molecule has 3 rings (SSSR count). The lowest BCUT2D eigenvalue weighted by atomic mass is 10.0. The Morgan fingerprint density at radius 2 is 2.16 bits per heavy atom. The predicted octanol–water partition coefficient (Wildman–Crippen LogP) is 3.67. The van der Waals surface area contributed by atoms with E-state index in [4.69, 9.17) is 0 Å². The molecule has 1 aromatic heterocycles. The van der Waals surface area contributed by atoms with Crippen LogP contribution in [-0.2, 0) is 11.8 Å². The maximum atomic E-state index is 12.6. The minimum Gasteiger partial charge on any atom is -0.339 e. The molecular weight excluding hydrogens is 332 g/mol. The molecule has 6 heteroatoms. The summed E-state index contributed by atoms with van der Waals surface area (Å²) in [6, 6.07) is 8.64. The van der Waals surface area contributed by atoms with Gasteiger partial charge >= 0.3 is 0 Å². The fraction of sp³-hybridized carbons (Fsp3) is 0.526. The number of amides is 1. The monoisotopic (exact) mass is 358 g/mol. The Morgan fingerprint density at radius 1 is 1.32 bits per heavy atom. The first-order valence-corrected chi connectivity index (χ1v) is 9.97. The maximum Gasteiger partial charge on any atom is 0.233 e. The van der Waals surface area contributed by atoms with Gasteiger partial charge in [0.25, 0.3) is 0 Å². The van der Waals surface area contributed by atoms with E-state index in [9.17, 15) is 4.79 Å². The first-order valence-electron chi connectivity index (χ1n) is 8.99. The summed E-state index contributed by atoms with van der Waals surface area (Å²) >= 11 is 1.48. The minimum atomic E-state index is 0.219. The van der Waals surface area contributed by atoms with Crippen molar-refractivity contribution in [2.24, 2.45) is 7.05 Å². The van der Waals surface area contributed by atoms with E-state index in [1.807, 2.05) is 23.7 Å². The van der Waals surface area contributed by atoms with Crippen molar-refractivity contribution in [3.8, 4) is 11.4 Å². The zero-order valence-corrected chi connectivity index (χ0v) is 16.1. The van der Waals surface area contributed by atoms with Crippen molar-refractivity contribution in [2.45, 2.75) is 50.7 Å². The van der Waals surface area contributed by atoms with E-state index in [1.165, 1.54) is 23.7 Å². The number of hydrogen-bond donors (Lipinski definition) is 0.